The highest BCUT2D eigenvalue weighted by atomic mass is 32.2. The lowest BCUT2D eigenvalue weighted by Crippen LogP contribution is -2.45. The zero-order valence-corrected chi connectivity index (χ0v) is 13.6. The minimum absolute atomic E-state index is 0.201. The Labute approximate surface area is 117 Å². The molecule has 108 valence electrons. The fraction of sp³-hybridized carbons (Fsp3) is 0.600. The fourth-order valence-electron chi connectivity index (χ4n) is 2.23. The van der Waals surface area contributed by atoms with Crippen molar-refractivity contribution in [3.8, 4) is 0 Å². The van der Waals surface area contributed by atoms with Crippen LogP contribution in [0.4, 0.5) is 0 Å². The number of hydrogen-bond acceptors (Lipinski definition) is 3. The van der Waals surface area contributed by atoms with Crippen molar-refractivity contribution in [2.24, 2.45) is 0 Å². The highest BCUT2D eigenvalue weighted by molar-refractivity contribution is 7.92. The second kappa shape index (κ2) is 5.63. The molecule has 1 atom stereocenters. The van der Waals surface area contributed by atoms with E-state index in [1.807, 2.05) is 26.0 Å². The molecule has 0 amide bonds. The van der Waals surface area contributed by atoms with Crippen molar-refractivity contribution in [1.82, 2.24) is 5.32 Å². The Hall–Kier alpha value is -0.870. The van der Waals surface area contributed by atoms with E-state index in [-0.39, 0.29) is 6.04 Å². The van der Waals surface area contributed by atoms with Gasteiger partial charge in [-0.15, -0.1) is 0 Å². The molecule has 0 aliphatic carbocycles. The van der Waals surface area contributed by atoms with Gasteiger partial charge in [-0.05, 0) is 50.9 Å². The molecule has 0 aliphatic heterocycles. The summed E-state index contributed by atoms with van der Waals surface area (Å²) in [5.41, 5.74) is 3.41. The summed E-state index contributed by atoms with van der Waals surface area (Å²) in [5.74, 6) is 0. The molecule has 4 heteroatoms. The van der Waals surface area contributed by atoms with E-state index in [0.29, 0.717) is 0 Å². The van der Waals surface area contributed by atoms with Gasteiger partial charge >= 0.3 is 0 Å². The second-order valence-electron chi connectivity index (χ2n) is 5.66. The summed E-state index contributed by atoms with van der Waals surface area (Å²) in [6, 6.07) is 5.85. The maximum atomic E-state index is 12.1. The fourth-order valence-corrected chi connectivity index (χ4v) is 2.87. The van der Waals surface area contributed by atoms with Gasteiger partial charge in [-0.25, -0.2) is 8.42 Å². The number of nitrogens with one attached hydrogen (secondary N) is 1. The van der Waals surface area contributed by atoms with Crippen molar-refractivity contribution < 1.29 is 8.42 Å². The standard InChI is InChI=1S/C15H25NO2S/c1-7-16-14(15(4,5)19(6,17)18)13-10-8-9-11(2)12(13)3/h8-10,14,16H,7H2,1-6H3. The van der Waals surface area contributed by atoms with E-state index in [4.69, 9.17) is 0 Å². The van der Waals surface area contributed by atoms with E-state index in [9.17, 15) is 8.42 Å². The van der Waals surface area contributed by atoms with Gasteiger partial charge in [0.05, 0.1) is 10.8 Å². The Morgan fingerprint density at radius 3 is 2.32 bits per heavy atom. The smallest absolute Gasteiger partial charge is 0.154 e. The summed E-state index contributed by atoms with van der Waals surface area (Å²) in [7, 11) is -3.16. The second-order valence-corrected chi connectivity index (χ2v) is 8.25. The van der Waals surface area contributed by atoms with Gasteiger partial charge in [-0.1, -0.05) is 25.1 Å². The molecule has 0 saturated carbocycles. The van der Waals surface area contributed by atoms with Crippen LogP contribution in [-0.4, -0.2) is 26.0 Å². The van der Waals surface area contributed by atoms with Crippen molar-refractivity contribution in [2.75, 3.05) is 12.8 Å². The summed E-state index contributed by atoms with van der Waals surface area (Å²) in [5, 5.41) is 3.33. The Bertz CT molecular complexity index is 547. The van der Waals surface area contributed by atoms with Gasteiger partial charge < -0.3 is 5.32 Å². The lowest BCUT2D eigenvalue weighted by atomic mass is 9.90. The van der Waals surface area contributed by atoms with E-state index in [0.717, 1.165) is 17.7 Å². The third-order valence-electron chi connectivity index (χ3n) is 4.02. The van der Waals surface area contributed by atoms with Gasteiger partial charge in [0, 0.05) is 6.26 Å². The van der Waals surface area contributed by atoms with E-state index < -0.39 is 14.6 Å². The lowest BCUT2D eigenvalue weighted by Gasteiger charge is -2.34. The van der Waals surface area contributed by atoms with E-state index in [1.165, 1.54) is 11.8 Å². The molecule has 0 saturated heterocycles. The minimum Gasteiger partial charge on any atom is -0.309 e. The Morgan fingerprint density at radius 1 is 1.26 bits per heavy atom. The third-order valence-corrected chi connectivity index (χ3v) is 6.16. The van der Waals surface area contributed by atoms with Crippen molar-refractivity contribution in [1.29, 1.82) is 0 Å². The van der Waals surface area contributed by atoms with Crippen molar-refractivity contribution in [3.63, 3.8) is 0 Å². The van der Waals surface area contributed by atoms with Gasteiger partial charge in [-0.3, -0.25) is 0 Å². The van der Waals surface area contributed by atoms with Crippen LogP contribution in [0.25, 0.3) is 0 Å². The highest BCUT2D eigenvalue weighted by Gasteiger charge is 2.40. The van der Waals surface area contributed by atoms with Gasteiger partial charge in [0.15, 0.2) is 9.84 Å². The van der Waals surface area contributed by atoms with Crippen molar-refractivity contribution in [2.45, 2.75) is 45.4 Å². The first-order valence-corrected chi connectivity index (χ1v) is 8.51. The average molecular weight is 283 g/mol. The molecule has 0 aromatic heterocycles. The molecular formula is C15H25NO2S. The minimum atomic E-state index is -3.16. The summed E-state index contributed by atoms with van der Waals surface area (Å²) < 4.78 is 23.4. The van der Waals surface area contributed by atoms with Crippen molar-refractivity contribution in [3.05, 3.63) is 34.9 Å². The van der Waals surface area contributed by atoms with Gasteiger partial charge in [-0.2, -0.15) is 0 Å². The SMILES string of the molecule is CCNC(c1cccc(C)c1C)C(C)(C)S(C)(=O)=O. The normalized spacial score (nSPS) is 14.4. The topological polar surface area (TPSA) is 46.2 Å². The number of rotatable bonds is 5. The molecule has 3 nitrogen and oxygen atoms in total. The Morgan fingerprint density at radius 2 is 1.84 bits per heavy atom. The zero-order chi connectivity index (χ0) is 14.8. The molecule has 1 N–H and O–H groups in total. The molecule has 0 fully saturated rings. The summed E-state index contributed by atoms with van der Waals surface area (Å²) in [6.07, 6.45) is 1.31. The molecule has 1 aromatic carbocycles. The monoisotopic (exact) mass is 283 g/mol. The van der Waals surface area contributed by atoms with Crippen LogP contribution < -0.4 is 5.32 Å². The van der Waals surface area contributed by atoms with Crippen LogP contribution in [0, 0.1) is 13.8 Å². The molecule has 1 aromatic rings. The van der Waals surface area contributed by atoms with E-state index in [1.54, 1.807) is 13.8 Å². The molecular weight excluding hydrogens is 258 g/mol. The summed E-state index contributed by atoms with van der Waals surface area (Å²) in [4.78, 5) is 0. The Kier molecular flexibility index (Phi) is 4.80. The van der Waals surface area contributed by atoms with Crippen LogP contribution in [0.2, 0.25) is 0 Å². The maximum absolute atomic E-state index is 12.1. The van der Waals surface area contributed by atoms with Crippen LogP contribution in [0.15, 0.2) is 18.2 Å². The van der Waals surface area contributed by atoms with Crippen molar-refractivity contribution >= 4 is 9.84 Å². The largest absolute Gasteiger partial charge is 0.309 e. The highest BCUT2D eigenvalue weighted by Crippen LogP contribution is 2.34. The average Bonchev–Trinajstić information content (AvgIpc) is 2.28. The summed E-state index contributed by atoms with van der Waals surface area (Å²) in [6.45, 7) is 10.4. The van der Waals surface area contributed by atoms with Crippen LogP contribution >= 0.6 is 0 Å². The quantitative estimate of drug-likeness (QED) is 0.904. The third kappa shape index (κ3) is 3.18. The Balaban J connectivity index is 3.41. The summed E-state index contributed by atoms with van der Waals surface area (Å²) >= 11 is 0. The van der Waals surface area contributed by atoms with Gasteiger partial charge in [0.1, 0.15) is 0 Å². The lowest BCUT2D eigenvalue weighted by molar-refractivity contribution is 0.426. The van der Waals surface area contributed by atoms with Gasteiger partial charge in [0.25, 0.3) is 0 Å². The molecule has 0 heterocycles. The zero-order valence-electron chi connectivity index (χ0n) is 12.7. The first-order valence-electron chi connectivity index (χ1n) is 6.62. The number of aryl methyl sites for hydroxylation is 1. The number of sulfone groups is 1. The molecule has 1 unspecified atom stereocenters. The molecule has 0 radical (unpaired) electrons. The molecule has 19 heavy (non-hydrogen) atoms. The predicted octanol–water partition coefficient (Wildman–Crippen LogP) is 2.78. The first kappa shape index (κ1) is 16.2. The molecule has 0 spiro atoms. The van der Waals surface area contributed by atoms with Crippen LogP contribution in [-0.2, 0) is 9.84 Å². The molecule has 0 bridgehead atoms. The van der Waals surface area contributed by atoms with Crippen LogP contribution in [0.5, 0.6) is 0 Å². The van der Waals surface area contributed by atoms with Gasteiger partial charge in [0.2, 0.25) is 0 Å². The van der Waals surface area contributed by atoms with Crippen LogP contribution in [0.1, 0.15) is 43.5 Å². The van der Waals surface area contributed by atoms with E-state index >= 15 is 0 Å². The number of hydrogen-bond donors (Lipinski definition) is 1. The maximum Gasteiger partial charge on any atom is 0.154 e. The van der Waals surface area contributed by atoms with E-state index in [2.05, 4.69) is 18.3 Å². The predicted molar refractivity (Wildman–Crippen MR) is 81.3 cm³/mol. The number of benzene rings is 1. The van der Waals surface area contributed by atoms with Crippen LogP contribution in [0.3, 0.4) is 0 Å². The first-order chi connectivity index (χ1) is 8.63. The molecule has 1 rings (SSSR count). The molecule has 0 aliphatic rings.